The van der Waals surface area contributed by atoms with Gasteiger partial charge in [-0.2, -0.15) is 5.10 Å². The number of fused-ring (bicyclic) bond motifs is 2. The second kappa shape index (κ2) is 16.3. The van der Waals surface area contributed by atoms with E-state index < -0.39 is 23.3 Å². The van der Waals surface area contributed by atoms with Crippen LogP contribution in [0.25, 0.3) is 42.8 Å². The predicted molar refractivity (Wildman–Crippen MR) is 229 cm³/mol. The van der Waals surface area contributed by atoms with Gasteiger partial charge in [0.1, 0.15) is 10.6 Å². The first-order valence-corrected chi connectivity index (χ1v) is 21.5. The predicted octanol–water partition coefficient (Wildman–Crippen LogP) is 10.6. The smallest absolute Gasteiger partial charge is 0.410 e. The van der Waals surface area contributed by atoms with Gasteiger partial charge in [0.25, 0.3) is 0 Å². The van der Waals surface area contributed by atoms with Crippen molar-refractivity contribution in [2.75, 3.05) is 32.8 Å². The van der Waals surface area contributed by atoms with Crippen LogP contribution in [0.4, 0.5) is 4.79 Å². The normalized spacial score (nSPS) is 17.8. The van der Waals surface area contributed by atoms with Crippen LogP contribution in [-0.4, -0.2) is 86.7 Å². The van der Waals surface area contributed by atoms with E-state index in [1.54, 1.807) is 11.3 Å². The van der Waals surface area contributed by atoms with E-state index >= 15 is 0 Å². The molecule has 0 bridgehead atoms. The molecule has 304 valence electrons. The van der Waals surface area contributed by atoms with E-state index in [0.29, 0.717) is 23.5 Å². The van der Waals surface area contributed by atoms with Crippen LogP contribution in [0.1, 0.15) is 103 Å². The maximum absolute atomic E-state index is 13.6. The van der Waals surface area contributed by atoms with Gasteiger partial charge in [0, 0.05) is 58.7 Å². The van der Waals surface area contributed by atoms with Gasteiger partial charge in [0.2, 0.25) is 0 Å². The number of aromatic nitrogens is 3. The summed E-state index contributed by atoms with van der Waals surface area (Å²) < 4.78 is 20.8. The molecule has 2 aliphatic rings. The van der Waals surface area contributed by atoms with Crippen molar-refractivity contribution in [1.82, 2.24) is 24.6 Å². The number of carbonyl (C=O) groups excluding carboxylic acids is 2. The average molecular weight is 814 g/mol. The number of amides is 1. The van der Waals surface area contributed by atoms with Crippen LogP contribution < -0.4 is 0 Å². The maximum atomic E-state index is 13.6. The first kappa shape index (κ1) is 41.1. The molecule has 0 spiro atoms. The second-order valence-corrected chi connectivity index (χ2v) is 18.8. The summed E-state index contributed by atoms with van der Waals surface area (Å²) in [4.78, 5) is 36.0. The zero-order chi connectivity index (χ0) is 40.8. The number of nitrogens with zero attached hydrogens (tertiary/aromatic N) is 5. The SMILES string of the molecule is CCOC(=O)[C@@H](OC(C)(C)C)c1c(C)cc2nc(-c3ccc4c(c3)c(C3CCN([C@H]5CCN(C(=O)OC(C)(C)C)C5)CC3)nn4CC)sc2c1-c1ccc(Cl)cc1. The summed E-state index contributed by atoms with van der Waals surface area (Å²) in [6.07, 6.45) is 1.83. The molecule has 3 aromatic carbocycles. The average Bonchev–Trinajstić information content (AvgIpc) is 3.90. The van der Waals surface area contributed by atoms with Gasteiger partial charge >= 0.3 is 12.1 Å². The van der Waals surface area contributed by atoms with Crippen molar-refractivity contribution in [1.29, 1.82) is 0 Å². The zero-order valence-corrected chi connectivity index (χ0v) is 36.4. The number of rotatable bonds is 9. The number of aryl methyl sites for hydroxylation is 2. The Morgan fingerprint density at radius 1 is 0.930 bits per heavy atom. The van der Waals surface area contributed by atoms with Gasteiger partial charge in [0.05, 0.1) is 33.6 Å². The number of likely N-dealkylation sites (tertiary alicyclic amines) is 2. The van der Waals surface area contributed by atoms with E-state index in [4.69, 9.17) is 35.9 Å². The van der Waals surface area contributed by atoms with Crippen molar-refractivity contribution in [2.24, 2.45) is 0 Å². The lowest BCUT2D eigenvalue weighted by atomic mass is 9.90. The lowest BCUT2D eigenvalue weighted by molar-refractivity contribution is -0.166. The zero-order valence-electron chi connectivity index (χ0n) is 34.8. The molecular weight excluding hydrogens is 758 g/mol. The van der Waals surface area contributed by atoms with Gasteiger partial charge in [-0.3, -0.25) is 9.58 Å². The van der Waals surface area contributed by atoms with Gasteiger partial charge in [-0.25, -0.2) is 14.6 Å². The highest BCUT2D eigenvalue weighted by Gasteiger charge is 2.36. The Balaban J connectivity index is 1.22. The minimum Gasteiger partial charge on any atom is -0.464 e. The van der Waals surface area contributed by atoms with Gasteiger partial charge in [0.15, 0.2) is 6.10 Å². The van der Waals surface area contributed by atoms with Gasteiger partial charge in [-0.15, -0.1) is 11.3 Å². The Morgan fingerprint density at radius 2 is 1.63 bits per heavy atom. The fourth-order valence-electron chi connectivity index (χ4n) is 8.32. The number of hydrogen-bond donors (Lipinski definition) is 0. The summed E-state index contributed by atoms with van der Waals surface area (Å²) in [6.45, 7) is 22.0. The topological polar surface area (TPSA) is 99.0 Å². The Morgan fingerprint density at radius 3 is 2.28 bits per heavy atom. The summed E-state index contributed by atoms with van der Waals surface area (Å²) in [7, 11) is 0. The number of halogens is 1. The minimum atomic E-state index is -0.937. The fraction of sp³-hybridized carbons (Fsp3) is 0.511. The van der Waals surface area contributed by atoms with E-state index in [2.05, 4.69) is 40.8 Å². The Labute approximate surface area is 345 Å². The molecule has 2 fully saturated rings. The highest BCUT2D eigenvalue weighted by Crippen LogP contribution is 2.45. The molecule has 0 N–H and O–H groups in total. The molecule has 0 aliphatic carbocycles. The van der Waals surface area contributed by atoms with E-state index in [1.165, 1.54) is 5.39 Å². The molecule has 2 aliphatic heterocycles. The summed E-state index contributed by atoms with van der Waals surface area (Å²) in [5.41, 5.74) is 6.55. The number of ether oxygens (including phenoxy) is 3. The van der Waals surface area contributed by atoms with E-state index in [-0.39, 0.29) is 12.7 Å². The van der Waals surface area contributed by atoms with Crippen LogP contribution >= 0.6 is 22.9 Å². The standard InChI is InChI=1S/C45H56ClN5O5S/c1-10-51-35-17-14-30(25-33(35)38(48-51)29-18-21-49(22-19-29)32-20-23-50(26-32)43(53)56-45(7,8)9)41-47-34-24-27(3)36(39(42(52)54-11-2)55-44(4,5)6)37(40(34)57-41)28-12-15-31(46)16-13-28/h12-17,24-25,29,32,39H,10-11,18-23,26H2,1-9H3/t32-,39-/m0/s1. The third-order valence-electron chi connectivity index (χ3n) is 10.9. The summed E-state index contributed by atoms with van der Waals surface area (Å²) in [6, 6.07) is 16.7. The first-order valence-electron chi connectivity index (χ1n) is 20.3. The van der Waals surface area contributed by atoms with Crippen LogP contribution in [0.2, 0.25) is 5.02 Å². The largest absolute Gasteiger partial charge is 0.464 e. The van der Waals surface area contributed by atoms with Crippen molar-refractivity contribution >= 4 is 56.1 Å². The van der Waals surface area contributed by atoms with Gasteiger partial charge in [-0.1, -0.05) is 23.7 Å². The molecule has 2 atom stereocenters. The van der Waals surface area contributed by atoms with Crippen LogP contribution in [0.5, 0.6) is 0 Å². The van der Waals surface area contributed by atoms with Crippen molar-refractivity contribution in [3.8, 4) is 21.7 Å². The van der Waals surface area contributed by atoms with E-state index in [0.717, 1.165) is 99.7 Å². The molecule has 4 heterocycles. The molecule has 0 radical (unpaired) electrons. The Bertz CT molecular complexity index is 2260. The number of carbonyl (C=O) groups is 2. The number of piperidine rings is 1. The molecular formula is C45H56ClN5O5S. The summed E-state index contributed by atoms with van der Waals surface area (Å²) >= 11 is 8.00. The maximum Gasteiger partial charge on any atom is 0.410 e. The number of thiazole rings is 1. The lowest BCUT2D eigenvalue weighted by Crippen LogP contribution is -2.43. The van der Waals surface area contributed by atoms with Crippen LogP contribution in [-0.2, 0) is 25.5 Å². The van der Waals surface area contributed by atoms with E-state index in [9.17, 15) is 9.59 Å². The third kappa shape index (κ3) is 8.87. The molecule has 0 unspecified atom stereocenters. The van der Waals surface area contributed by atoms with Crippen LogP contribution in [0.3, 0.4) is 0 Å². The second-order valence-electron chi connectivity index (χ2n) is 17.3. The molecule has 10 nitrogen and oxygen atoms in total. The summed E-state index contributed by atoms with van der Waals surface area (Å²) in [5.74, 6) is -0.0903. The quantitative estimate of drug-likeness (QED) is 0.136. The van der Waals surface area contributed by atoms with Gasteiger partial charge < -0.3 is 19.1 Å². The number of esters is 1. The van der Waals surface area contributed by atoms with E-state index in [1.807, 2.05) is 84.6 Å². The highest BCUT2D eigenvalue weighted by atomic mass is 35.5. The summed E-state index contributed by atoms with van der Waals surface area (Å²) in [5, 5.41) is 7.90. The lowest BCUT2D eigenvalue weighted by Gasteiger charge is -2.35. The Hall–Kier alpha value is -4.03. The fourth-order valence-corrected chi connectivity index (χ4v) is 9.57. The molecule has 12 heteroatoms. The molecule has 2 saturated heterocycles. The molecule has 0 saturated carbocycles. The van der Waals surface area contributed by atoms with Crippen LogP contribution in [0, 0.1) is 6.92 Å². The molecule has 57 heavy (non-hydrogen) atoms. The van der Waals surface area contributed by atoms with Crippen molar-refractivity contribution in [2.45, 2.75) is 117 Å². The van der Waals surface area contributed by atoms with Crippen molar-refractivity contribution in [3.05, 3.63) is 70.4 Å². The minimum absolute atomic E-state index is 0.215. The monoisotopic (exact) mass is 813 g/mol. The number of hydrogen-bond acceptors (Lipinski definition) is 9. The molecule has 1 amide bonds. The molecule has 5 aromatic rings. The van der Waals surface area contributed by atoms with Crippen molar-refractivity contribution in [3.63, 3.8) is 0 Å². The highest BCUT2D eigenvalue weighted by molar-refractivity contribution is 7.22. The molecule has 7 rings (SSSR count). The number of benzene rings is 3. The van der Waals surface area contributed by atoms with Gasteiger partial charge in [-0.05, 0) is 142 Å². The Kier molecular flexibility index (Phi) is 11.8. The van der Waals surface area contributed by atoms with Crippen LogP contribution in [0.15, 0.2) is 48.5 Å². The van der Waals surface area contributed by atoms with Crippen molar-refractivity contribution < 1.29 is 23.8 Å². The third-order valence-corrected chi connectivity index (χ3v) is 12.3. The molecule has 2 aromatic heterocycles. The first-order chi connectivity index (χ1) is 27.0.